The molecule has 0 aromatic heterocycles. The third-order valence-electron chi connectivity index (χ3n) is 4.55. The lowest BCUT2D eigenvalue weighted by Gasteiger charge is -2.11. The van der Waals surface area contributed by atoms with E-state index in [1.54, 1.807) is 54.6 Å². The first-order chi connectivity index (χ1) is 16.2. The highest BCUT2D eigenvalue weighted by molar-refractivity contribution is 6.32. The highest BCUT2D eigenvalue weighted by Crippen LogP contribution is 2.26. The number of hydrogen-bond acceptors (Lipinski definition) is 4. The van der Waals surface area contributed by atoms with Crippen LogP contribution in [-0.4, -0.2) is 18.4 Å². The van der Waals surface area contributed by atoms with Crippen LogP contribution >= 0.6 is 34.8 Å². The molecule has 6 nitrogen and oxygen atoms in total. The first kappa shape index (κ1) is 25.1. The molecule has 0 radical (unpaired) electrons. The van der Waals surface area contributed by atoms with Crippen LogP contribution in [0.4, 0.5) is 11.4 Å². The normalized spacial score (nSPS) is 10.9. The van der Waals surface area contributed by atoms with Gasteiger partial charge >= 0.3 is 0 Å². The second-order valence-electron chi connectivity index (χ2n) is 7.11. The molecule has 0 atom stereocenters. The summed E-state index contributed by atoms with van der Waals surface area (Å²) in [6.07, 6.45) is 1.34. The molecule has 0 fully saturated rings. The number of carbonyl (C=O) groups is 2. The van der Waals surface area contributed by atoms with Crippen LogP contribution in [0, 0.1) is 18.3 Å². The zero-order valence-corrected chi connectivity index (χ0v) is 20.1. The Hall–Kier alpha value is -3.50. The number of benzene rings is 3. The van der Waals surface area contributed by atoms with Gasteiger partial charge in [-0.2, -0.15) is 5.26 Å². The van der Waals surface area contributed by atoms with Crippen LogP contribution in [0.25, 0.3) is 6.08 Å². The molecular weight excluding hydrogens is 497 g/mol. The Labute approximate surface area is 211 Å². The minimum absolute atomic E-state index is 0.180. The molecule has 0 aliphatic carbocycles. The average Bonchev–Trinajstić information content (AvgIpc) is 2.80. The van der Waals surface area contributed by atoms with E-state index in [4.69, 9.17) is 39.5 Å². The van der Waals surface area contributed by atoms with Crippen molar-refractivity contribution in [1.29, 1.82) is 5.26 Å². The molecule has 172 valence electrons. The van der Waals surface area contributed by atoms with Crippen LogP contribution in [0.1, 0.15) is 11.1 Å². The third-order valence-corrected chi connectivity index (χ3v) is 5.45. The number of nitriles is 1. The van der Waals surface area contributed by atoms with Gasteiger partial charge in [-0.15, -0.1) is 0 Å². The largest absolute Gasteiger partial charge is 0.483 e. The maximum absolute atomic E-state index is 12.6. The second kappa shape index (κ2) is 11.6. The zero-order chi connectivity index (χ0) is 24.7. The van der Waals surface area contributed by atoms with Gasteiger partial charge in [0.1, 0.15) is 17.4 Å². The summed E-state index contributed by atoms with van der Waals surface area (Å²) in [7, 11) is 0. The van der Waals surface area contributed by atoms with Crippen molar-refractivity contribution in [2.24, 2.45) is 0 Å². The maximum atomic E-state index is 12.6. The van der Waals surface area contributed by atoms with Gasteiger partial charge in [-0.05, 0) is 73.2 Å². The predicted molar refractivity (Wildman–Crippen MR) is 135 cm³/mol. The predicted octanol–water partition coefficient (Wildman–Crippen LogP) is 6.52. The number of amides is 2. The molecule has 0 saturated heterocycles. The van der Waals surface area contributed by atoms with Crippen LogP contribution in [0.2, 0.25) is 15.1 Å². The van der Waals surface area contributed by atoms with E-state index in [2.05, 4.69) is 10.6 Å². The summed E-state index contributed by atoms with van der Waals surface area (Å²) in [5, 5.41) is 16.3. The summed E-state index contributed by atoms with van der Waals surface area (Å²) in [6, 6.07) is 18.1. The summed E-state index contributed by atoms with van der Waals surface area (Å²) in [4.78, 5) is 24.9. The fourth-order valence-electron chi connectivity index (χ4n) is 2.81. The number of nitrogens with zero attached hydrogens (tertiary/aromatic N) is 1. The molecule has 0 heterocycles. The Bertz CT molecular complexity index is 1300. The molecule has 0 unspecified atom stereocenters. The summed E-state index contributed by atoms with van der Waals surface area (Å²) in [5.74, 6) is -0.760. The number of nitrogens with one attached hydrogen (secondary N) is 2. The molecule has 3 aromatic carbocycles. The van der Waals surface area contributed by atoms with Crippen molar-refractivity contribution in [3.8, 4) is 11.8 Å². The highest BCUT2D eigenvalue weighted by Gasteiger charge is 2.13. The fourth-order valence-corrected chi connectivity index (χ4v) is 3.30. The first-order valence-electron chi connectivity index (χ1n) is 9.92. The minimum atomic E-state index is -0.621. The van der Waals surface area contributed by atoms with Crippen molar-refractivity contribution in [3.63, 3.8) is 0 Å². The lowest BCUT2D eigenvalue weighted by Crippen LogP contribution is -2.20. The molecule has 34 heavy (non-hydrogen) atoms. The molecule has 2 N–H and O–H groups in total. The van der Waals surface area contributed by atoms with E-state index < -0.39 is 11.8 Å². The minimum Gasteiger partial charge on any atom is -0.483 e. The SMILES string of the molecule is Cc1ccc(NC(=O)COc2ccc(Cl)cc2/C=C(/C#N)C(=O)Nc2ccc(Cl)cc2)cc1Cl. The van der Waals surface area contributed by atoms with Gasteiger partial charge in [0.2, 0.25) is 0 Å². The van der Waals surface area contributed by atoms with Gasteiger partial charge in [-0.1, -0.05) is 40.9 Å². The van der Waals surface area contributed by atoms with Crippen LogP contribution in [0.3, 0.4) is 0 Å². The van der Waals surface area contributed by atoms with E-state index >= 15 is 0 Å². The zero-order valence-electron chi connectivity index (χ0n) is 17.9. The highest BCUT2D eigenvalue weighted by atomic mass is 35.5. The number of anilines is 2. The standard InChI is InChI=1S/C25H18Cl3N3O3/c1-15-2-6-21(12-22(15)28)30-24(32)14-34-23-9-5-19(27)11-16(23)10-17(13-29)25(33)31-20-7-3-18(26)4-8-20/h2-12H,14H2,1H3,(H,30,32)(H,31,33)/b17-10-. The van der Waals surface area contributed by atoms with Crippen molar-refractivity contribution in [3.05, 3.63) is 92.4 Å². The summed E-state index contributed by atoms with van der Waals surface area (Å²) < 4.78 is 5.63. The summed E-state index contributed by atoms with van der Waals surface area (Å²) >= 11 is 18.0. The Morgan fingerprint density at radius 1 is 0.941 bits per heavy atom. The van der Waals surface area contributed by atoms with Gasteiger partial charge in [0, 0.05) is 32.0 Å². The number of ether oxygens (including phenoxy) is 1. The lowest BCUT2D eigenvalue weighted by molar-refractivity contribution is -0.118. The number of hydrogen-bond donors (Lipinski definition) is 2. The van der Waals surface area contributed by atoms with Gasteiger partial charge in [-0.3, -0.25) is 9.59 Å². The Kier molecular flexibility index (Phi) is 8.55. The Morgan fingerprint density at radius 3 is 2.29 bits per heavy atom. The quantitative estimate of drug-likeness (QED) is 0.277. The van der Waals surface area contributed by atoms with Gasteiger partial charge in [0.05, 0.1) is 0 Å². The van der Waals surface area contributed by atoms with Crippen LogP contribution < -0.4 is 15.4 Å². The summed E-state index contributed by atoms with van der Waals surface area (Å²) in [6.45, 7) is 1.55. The number of aryl methyl sites for hydroxylation is 1. The van der Waals surface area contributed by atoms with Crippen LogP contribution in [0.15, 0.2) is 66.2 Å². The van der Waals surface area contributed by atoms with E-state index in [-0.39, 0.29) is 17.9 Å². The van der Waals surface area contributed by atoms with Gasteiger partial charge in [0.15, 0.2) is 6.61 Å². The fraction of sp³-hybridized carbons (Fsp3) is 0.0800. The van der Waals surface area contributed by atoms with Gasteiger partial charge < -0.3 is 15.4 Å². The molecule has 2 amide bonds. The number of halogens is 3. The number of carbonyl (C=O) groups excluding carboxylic acids is 2. The molecular formula is C25H18Cl3N3O3. The Morgan fingerprint density at radius 2 is 1.62 bits per heavy atom. The molecule has 0 spiro atoms. The monoisotopic (exact) mass is 513 g/mol. The van der Waals surface area contributed by atoms with E-state index in [1.807, 2.05) is 13.0 Å². The Balaban J connectivity index is 1.73. The molecule has 3 aromatic rings. The first-order valence-corrected chi connectivity index (χ1v) is 11.1. The van der Waals surface area contributed by atoms with Crippen molar-refractivity contribution in [2.75, 3.05) is 17.2 Å². The average molecular weight is 515 g/mol. The molecule has 0 aliphatic heterocycles. The molecule has 9 heteroatoms. The van der Waals surface area contributed by atoms with E-state index in [9.17, 15) is 14.9 Å². The smallest absolute Gasteiger partial charge is 0.266 e. The molecule has 0 saturated carbocycles. The van der Waals surface area contributed by atoms with E-state index in [0.717, 1.165) is 5.56 Å². The van der Waals surface area contributed by atoms with Crippen molar-refractivity contribution in [1.82, 2.24) is 0 Å². The van der Waals surface area contributed by atoms with Crippen molar-refractivity contribution in [2.45, 2.75) is 6.92 Å². The molecule has 3 rings (SSSR count). The van der Waals surface area contributed by atoms with E-state index in [1.165, 1.54) is 12.1 Å². The third kappa shape index (κ3) is 7.00. The van der Waals surface area contributed by atoms with Crippen LogP contribution in [-0.2, 0) is 9.59 Å². The maximum Gasteiger partial charge on any atom is 0.266 e. The molecule has 0 aliphatic rings. The lowest BCUT2D eigenvalue weighted by atomic mass is 10.1. The number of rotatable bonds is 7. The molecule has 0 bridgehead atoms. The van der Waals surface area contributed by atoms with Gasteiger partial charge in [-0.25, -0.2) is 0 Å². The topological polar surface area (TPSA) is 91.2 Å². The van der Waals surface area contributed by atoms with Crippen LogP contribution in [0.5, 0.6) is 5.75 Å². The summed E-state index contributed by atoms with van der Waals surface area (Å²) in [5.41, 5.74) is 2.08. The van der Waals surface area contributed by atoms with Gasteiger partial charge in [0.25, 0.3) is 11.8 Å². The van der Waals surface area contributed by atoms with E-state index in [0.29, 0.717) is 32.0 Å². The second-order valence-corrected chi connectivity index (χ2v) is 8.39. The van der Waals surface area contributed by atoms with Crippen molar-refractivity contribution < 1.29 is 14.3 Å². The van der Waals surface area contributed by atoms with Crippen molar-refractivity contribution >= 4 is 64.1 Å².